The molecular formula is C22H26BrN3O4. The third-order valence-electron chi connectivity index (χ3n) is 5.80. The number of nitrogens with one attached hydrogen (secondary N) is 1. The molecule has 1 N–H and O–H groups in total. The molecular weight excluding hydrogens is 450 g/mol. The largest absolute Gasteiger partial charge is 0.357 e. The number of benzene rings is 1. The van der Waals surface area contributed by atoms with E-state index in [9.17, 15) is 19.2 Å². The Labute approximate surface area is 184 Å². The third-order valence-corrected chi connectivity index (χ3v) is 6.30. The second kappa shape index (κ2) is 9.55. The van der Waals surface area contributed by atoms with Crippen LogP contribution >= 0.6 is 15.9 Å². The average molecular weight is 476 g/mol. The molecule has 160 valence electrons. The zero-order valence-electron chi connectivity index (χ0n) is 17.1. The van der Waals surface area contributed by atoms with Crippen LogP contribution in [0.3, 0.4) is 0 Å². The number of likely N-dealkylation sites (tertiary alicyclic amines) is 1. The lowest BCUT2D eigenvalue weighted by Crippen LogP contribution is -2.47. The van der Waals surface area contributed by atoms with Gasteiger partial charge in [0.25, 0.3) is 0 Å². The molecule has 1 aromatic carbocycles. The molecule has 1 aliphatic carbocycles. The number of carbonyl (C=O) groups excluding carboxylic acids is 4. The molecule has 0 spiro atoms. The van der Waals surface area contributed by atoms with Gasteiger partial charge in [-0.2, -0.15) is 0 Å². The lowest BCUT2D eigenvalue weighted by Gasteiger charge is -2.29. The van der Waals surface area contributed by atoms with Gasteiger partial charge in [-0.25, -0.2) is 0 Å². The number of nitrogens with zero attached hydrogens (tertiary/aromatic N) is 2. The summed E-state index contributed by atoms with van der Waals surface area (Å²) in [5.74, 6) is -1.55. The van der Waals surface area contributed by atoms with Crippen LogP contribution < -0.4 is 5.32 Å². The van der Waals surface area contributed by atoms with Crippen LogP contribution in [-0.4, -0.2) is 53.1 Å². The normalized spacial score (nSPS) is 21.4. The number of rotatable bonds is 7. The van der Waals surface area contributed by atoms with Crippen molar-refractivity contribution in [1.82, 2.24) is 15.1 Å². The van der Waals surface area contributed by atoms with Crippen molar-refractivity contribution < 1.29 is 19.2 Å². The molecule has 1 heterocycles. The zero-order valence-corrected chi connectivity index (χ0v) is 18.7. The number of halogens is 1. The number of carbonyl (C=O) groups is 4. The van der Waals surface area contributed by atoms with Gasteiger partial charge in [0.2, 0.25) is 23.6 Å². The Morgan fingerprint density at radius 2 is 1.83 bits per heavy atom. The first-order valence-corrected chi connectivity index (χ1v) is 10.9. The molecule has 0 bridgehead atoms. The summed E-state index contributed by atoms with van der Waals surface area (Å²) in [5, 5.41) is 2.57. The molecule has 1 aromatic rings. The minimum atomic E-state index is -0.682. The number of likely N-dealkylation sites (N-methyl/N-ethyl adjacent to an activating group) is 1. The van der Waals surface area contributed by atoms with E-state index in [1.54, 1.807) is 6.92 Å². The molecule has 7 nitrogen and oxygen atoms in total. The maximum Gasteiger partial charge on any atom is 0.242 e. The molecule has 0 unspecified atom stereocenters. The van der Waals surface area contributed by atoms with Gasteiger partial charge >= 0.3 is 0 Å². The van der Waals surface area contributed by atoms with Gasteiger partial charge < -0.3 is 10.2 Å². The second-order valence-corrected chi connectivity index (χ2v) is 8.59. The predicted octanol–water partition coefficient (Wildman–Crippen LogP) is 2.25. The minimum absolute atomic E-state index is 0.0142. The zero-order chi connectivity index (χ0) is 21.8. The number of hydrogen-bond acceptors (Lipinski definition) is 4. The van der Waals surface area contributed by atoms with Crippen molar-refractivity contribution in [3.63, 3.8) is 0 Å². The van der Waals surface area contributed by atoms with Gasteiger partial charge in [-0.1, -0.05) is 40.2 Å². The molecule has 8 heteroatoms. The molecule has 0 radical (unpaired) electrons. The minimum Gasteiger partial charge on any atom is -0.357 e. The summed E-state index contributed by atoms with van der Waals surface area (Å²) < 4.78 is 0.879. The van der Waals surface area contributed by atoms with E-state index < -0.39 is 6.04 Å². The average Bonchev–Trinajstić information content (AvgIpc) is 2.99. The topological polar surface area (TPSA) is 86.8 Å². The predicted molar refractivity (Wildman–Crippen MR) is 115 cm³/mol. The fourth-order valence-electron chi connectivity index (χ4n) is 4.06. The van der Waals surface area contributed by atoms with Crippen LogP contribution in [0.5, 0.6) is 0 Å². The van der Waals surface area contributed by atoms with E-state index in [0.717, 1.165) is 10.0 Å². The molecule has 2 aliphatic rings. The molecule has 1 fully saturated rings. The van der Waals surface area contributed by atoms with Gasteiger partial charge in [0, 0.05) is 31.0 Å². The van der Waals surface area contributed by atoms with E-state index in [1.165, 1.54) is 16.8 Å². The van der Waals surface area contributed by atoms with E-state index in [-0.39, 0.29) is 55.0 Å². The van der Waals surface area contributed by atoms with Gasteiger partial charge in [-0.3, -0.25) is 24.1 Å². The van der Waals surface area contributed by atoms with Gasteiger partial charge in [-0.15, -0.1) is 0 Å². The van der Waals surface area contributed by atoms with E-state index in [2.05, 4.69) is 21.2 Å². The highest BCUT2D eigenvalue weighted by atomic mass is 79.9. The fraction of sp³-hybridized carbons (Fsp3) is 0.455. The SMILES string of the molecule is CNC(=O)[C@H](C)N(Cc1cccc(Br)c1)C(=O)CCN1C(=O)[C@H]2CC=CC[C@H]2C1=O. The first kappa shape index (κ1) is 22.2. The van der Waals surface area contributed by atoms with E-state index in [4.69, 9.17) is 0 Å². The fourth-order valence-corrected chi connectivity index (χ4v) is 4.51. The molecule has 0 saturated carbocycles. The van der Waals surface area contributed by atoms with Crippen molar-refractivity contribution in [2.75, 3.05) is 13.6 Å². The molecule has 30 heavy (non-hydrogen) atoms. The number of hydrogen-bond donors (Lipinski definition) is 1. The highest BCUT2D eigenvalue weighted by molar-refractivity contribution is 9.10. The summed E-state index contributed by atoms with van der Waals surface area (Å²) in [6.45, 7) is 1.96. The van der Waals surface area contributed by atoms with E-state index in [1.807, 2.05) is 36.4 Å². The number of allylic oxidation sites excluding steroid dienone is 2. The summed E-state index contributed by atoms with van der Waals surface area (Å²) in [5.41, 5.74) is 0.874. The van der Waals surface area contributed by atoms with Gasteiger partial charge in [0.1, 0.15) is 6.04 Å². The summed E-state index contributed by atoms with van der Waals surface area (Å²) >= 11 is 3.42. The maximum absolute atomic E-state index is 13.1. The standard InChI is InChI=1S/C22H26BrN3O4/c1-14(20(28)24-2)26(13-15-6-5-7-16(23)12-15)19(27)10-11-25-21(29)17-8-3-4-9-18(17)22(25)30/h3-7,12,14,17-18H,8-11,13H2,1-2H3,(H,24,28)/t14-,17-,18+/m0/s1. The summed E-state index contributed by atoms with van der Waals surface area (Å²) in [4.78, 5) is 53.2. The van der Waals surface area contributed by atoms with Crippen molar-refractivity contribution in [1.29, 1.82) is 0 Å². The second-order valence-electron chi connectivity index (χ2n) is 7.68. The maximum atomic E-state index is 13.1. The summed E-state index contributed by atoms with van der Waals surface area (Å²) in [6.07, 6.45) is 5.00. The smallest absolute Gasteiger partial charge is 0.242 e. The van der Waals surface area contributed by atoms with Crippen LogP contribution in [0.1, 0.15) is 31.7 Å². The van der Waals surface area contributed by atoms with Crippen LogP contribution in [0.15, 0.2) is 40.9 Å². The molecule has 3 rings (SSSR count). The lowest BCUT2D eigenvalue weighted by atomic mass is 9.85. The molecule has 4 amide bonds. The van der Waals surface area contributed by atoms with Crippen molar-refractivity contribution in [2.45, 2.75) is 38.8 Å². The monoisotopic (exact) mass is 475 g/mol. The van der Waals surface area contributed by atoms with Crippen LogP contribution in [0.2, 0.25) is 0 Å². The van der Waals surface area contributed by atoms with E-state index in [0.29, 0.717) is 12.8 Å². The van der Waals surface area contributed by atoms with Gasteiger partial charge in [0.15, 0.2) is 0 Å². The lowest BCUT2D eigenvalue weighted by molar-refractivity contribution is -0.143. The van der Waals surface area contributed by atoms with Gasteiger partial charge in [-0.05, 0) is 37.5 Å². The number of fused-ring (bicyclic) bond motifs is 1. The first-order chi connectivity index (χ1) is 14.3. The third kappa shape index (κ3) is 4.64. The Balaban J connectivity index is 1.70. The molecule has 3 atom stereocenters. The molecule has 1 saturated heterocycles. The van der Waals surface area contributed by atoms with Crippen molar-refractivity contribution >= 4 is 39.6 Å². The Morgan fingerprint density at radius 3 is 2.40 bits per heavy atom. The quantitative estimate of drug-likeness (QED) is 0.483. The Bertz CT molecular complexity index is 859. The van der Waals surface area contributed by atoms with E-state index >= 15 is 0 Å². The Kier molecular flexibility index (Phi) is 7.07. The summed E-state index contributed by atoms with van der Waals surface area (Å²) in [6, 6.07) is 6.84. The van der Waals surface area contributed by atoms with Crippen molar-refractivity contribution in [3.05, 3.63) is 46.5 Å². The Hall–Kier alpha value is -2.48. The molecule has 0 aromatic heterocycles. The van der Waals surface area contributed by atoms with Crippen LogP contribution in [0.25, 0.3) is 0 Å². The summed E-state index contributed by atoms with van der Waals surface area (Å²) in [7, 11) is 1.53. The van der Waals surface area contributed by atoms with Crippen molar-refractivity contribution in [3.8, 4) is 0 Å². The van der Waals surface area contributed by atoms with Crippen LogP contribution in [0.4, 0.5) is 0 Å². The highest BCUT2D eigenvalue weighted by Crippen LogP contribution is 2.35. The number of amides is 4. The first-order valence-electron chi connectivity index (χ1n) is 10.1. The molecule has 1 aliphatic heterocycles. The highest BCUT2D eigenvalue weighted by Gasteiger charge is 2.47. The van der Waals surface area contributed by atoms with Crippen LogP contribution in [0, 0.1) is 11.8 Å². The Morgan fingerprint density at radius 1 is 1.20 bits per heavy atom. The van der Waals surface area contributed by atoms with Crippen LogP contribution in [-0.2, 0) is 25.7 Å². The number of imide groups is 1. The van der Waals surface area contributed by atoms with Crippen molar-refractivity contribution in [2.24, 2.45) is 11.8 Å². The van der Waals surface area contributed by atoms with Gasteiger partial charge in [0.05, 0.1) is 11.8 Å².